The quantitative estimate of drug-likeness (QED) is 0.514. The highest BCUT2D eigenvalue weighted by atomic mass is 35.5. The Hall–Kier alpha value is -0.530. The van der Waals surface area contributed by atoms with Gasteiger partial charge in [-0.15, -0.1) is 11.6 Å². The first-order valence-electron chi connectivity index (χ1n) is 7.52. The highest BCUT2D eigenvalue weighted by molar-refractivity contribution is 6.21. The van der Waals surface area contributed by atoms with Crippen molar-refractivity contribution in [3.05, 3.63) is 35.9 Å². The Morgan fingerprint density at radius 2 is 1.89 bits per heavy atom. The standard InChI is InChI=1S/C17H25ClO/c1-3-17(4-2)15(18)13-16(17)19-12-8-11-14-9-6-5-7-10-14/h5-7,9-10,15-16H,3-4,8,11-13H2,1-2H3. The van der Waals surface area contributed by atoms with Gasteiger partial charge in [-0.25, -0.2) is 0 Å². The van der Waals surface area contributed by atoms with Gasteiger partial charge in [0.25, 0.3) is 0 Å². The monoisotopic (exact) mass is 280 g/mol. The van der Waals surface area contributed by atoms with E-state index in [4.69, 9.17) is 16.3 Å². The summed E-state index contributed by atoms with van der Waals surface area (Å²) in [5.41, 5.74) is 1.63. The molecule has 1 aromatic carbocycles. The third-order valence-electron chi connectivity index (χ3n) is 4.77. The molecule has 2 rings (SSSR count). The molecule has 0 bridgehead atoms. The lowest BCUT2D eigenvalue weighted by atomic mass is 9.62. The molecule has 0 radical (unpaired) electrons. The van der Waals surface area contributed by atoms with Crippen LogP contribution in [0.1, 0.15) is 45.1 Å². The Morgan fingerprint density at radius 1 is 1.21 bits per heavy atom. The van der Waals surface area contributed by atoms with Gasteiger partial charge < -0.3 is 4.74 Å². The van der Waals surface area contributed by atoms with Crippen LogP contribution in [-0.4, -0.2) is 18.1 Å². The van der Waals surface area contributed by atoms with Crippen molar-refractivity contribution in [3.8, 4) is 0 Å². The van der Waals surface area contributed by atoms with Crippen LogP contribution in [-0.2, 0) is 11.2 Å². The van der Waals surface area contributed by atoms with Gasteiger partial charge in [0, 0.05) is 17.4 Å². The molecular weight excluding hydrogens is 256 g/mol. The first-order chi connectivity index (χ1) is 9.23. The highest BCUT2D eigenvalue weighted by Crippen LogP contribution is 2.51. The molecule has 1 nitrogen and oxygen atoms in total. The van der Waals surface area contributed by atoms with Gasteiger partial charge in [0.05, 0.1) is 6.10 Å². The number of rotatable bonds is 7. The summed E-state index contributed by atoms with van der Waals surface area (Å²) in [5.74, 6) is 0. The van der Waals surface area contributed by atoms with E-state index in [-0.39, 0.29) is 5.41 Å². The fraction of sp³-hybridized carbons (Fsp3) is 0.647. The second kappa shape index (κ2) is 6.76. The minimum atomic E-state index is 0.230. The average Bonchev–Trinajstić information content (AvgIpc) is 2.45. The predicted molar refractivity (Wildman–Crippen MR) is 81.8 cm³/mol. The van der Waals surface area contributed by atoms with Crippen LogP contribution in [0.15, 0.2) is 30.3 Å². The Morgan fingerprint density at radius 3 is 2.47 bits per heavy atom. The van der Waals surface area contributed by atoms with E-state index in [9.17, 15) is 0 Å². The molecule has 0 saturated heterocycles. The maximum Gasteiger partial charge on any atom is 0.0659 e. The van der Waals surface area contributed by atoms with Crippen molar-refractivity contribution in [2.45, 2.75) is 57.4 Å². The lowest BCUT2D eigenvalue weighted by Crippen LogP contribution is -2.55. The molecule has 0 N–H and O–H groups in total. The number of hydrogen-bond donors (Lipinski definition) is 0. The van der Waals surface area contributed by atoms with Gasteiger partial charge in [-0.2, -0.15) is 0 Å². The Balaban J connectivity index is 1.72. The smallest absolute Gasteiger partial charge is 0.0659 e. The van der Waals surface area contributed by atoms with Crippen LogP contribution in [0.4, 0.5) is 0 Å². The van der Waals surface area contributed by atoms with Gasteiger partial charge >= 0.3 is 0 Å². The summed E-state index contributed by atoms with van der Waals surface area (Å²) in [6.07, 6.45) is 5.84. The van der Waals surface area contributed by atoms with Crippen LogP contribution < -0.4 is 0 Å². The van der Waals surface area contributed by atoms with Gasteiger partial charge in [0.1, 0.15) is 0 Å². The van der Waals surface area contributed by atoms with E-state index in [0.29, 0.717) is 11.5 Å². The van der Waals surface area contributed by atoms with E-state index in [1.54, 1.807) is 0 Å². The number of halogens is 1. The molecule has 106 valence electrons. The number of alkyl halides is 1. The highest BCUT2D eigenvalue weighted by Gasteiger charge is 2.52. The van der Waals surface area contributed by atoms with Gasteiger partial charge in [-0.3, -0.25) is 0 Å². The van der Waals surface area contributed by atoms with E-state index >= 15 is 0 Å². The topological polar surface area (TPSA) is 9.23 Å². The molecule has 0 aliphatic heterocycles. The predicted octanol–water partition coefficient (Wildman–Crippen LogP) is 4.82. The fourth-order valence-electron chi connectivity index (χ4n) is 3.23. The van der Waals surface area contributed by atoms with Gasteiger partial charge in [-0.05, 0) is 37.7 Å². The molecule has 0 spiro atoms. The minimum Gasteiger partial charge on any atom is -0.378 e. The molecule has 0 amide bonds. The summed E-state index contributed by atoms with van der Waals surface area (Å²) >= 11 is 6.40. The second-order valence-corrected chi connectivity index (χ2v) is 6.12. The van der Waals surface area contributed by atoms with E-state index in [2.05, 4.69) is 44.2 Å². The van der Waals surface area contributed by atoms with Crippen LogP contribution in [0.25, 0.3) is 0 Å². The Labute approximate surface area is 122 Å². The zero-order valence-electron chi connectivity index (χ0n) is 12.1. The number of hydrogen-bond acceptors (Lipinski definition) is 1. The summed E-state index contributed by atoms with van der Waals surface area (Å²) in [5, 5.41) is 0.307. The Kier molecular flexibility index (Phi) is 5.29. The SMILES string of the molecule is CCC1(CC)C(Cl)CC1OCCCc1ccccc1. The van der Waals surface area contributed by atoms with Gasteiger partial charge in [0.15, 0.2) is 0 Å². The van der Waals surface area contributed by atoms with Crippen molar-refractivity contribution in [1.29, 1.82) is 0 Å². The first kappa shape index (κ1) is 14.9. The third kappa shape index (κ3) is 3.14. The van der Waals surface area contributed by atoms with Crippen LogP contribution in [0.5, 0.6) is 0 Å². The van der Waals surface area contributed by atoms with E-state index in [0.717, 1.165) is 38.7 Å². The Bertz CT molecular complexity index is 372. The molecule has 2 atom stereocenters. The summed E-state index contributed by atoms with van der Waals surface area (Å²) in [6.45, 7) is 5.32. The van der Waals surface area contributed by atoms with Crippen molar-refractivity contribution >= 4 is 11.6 Å². The van der Waals surface area contributed by atoms with Crippen molar-refractivity contribution < 1.29 is 4.74 Å². The normalized spacial score (nSPS) is 25.0. The first-order valence-corrected chi connectivity index (χ1v) is 7.96. The number of benzene rings is 1. The molecule has 1 aliphatic carbocycles. The summed E-state index contributed by atoms with van der Waals surface area (Å²) in [6, 6.07) is 10.6. The number of ether oxygens (including phenoxy) is 1. The fourth-order valence-corrected chi connectivity index (χ4v) is 3.84. The molecule has 2 unspecified atom stereocenters. The van der Waals surface area contributed by atoms with Crippen LogP contribution in [0.3, 0.4) is 0 Å². The lowest BCUT2D eigenvalue weighted by Gasteiger charge is -2.52. The molecule has 2 heteroatoms. The maximum atomic E-state index is 6.40. The molecule has 0 aromatic heterocycles. The van der Waals surface area contributed by atoms with Crippen molar-refractivity contribution in [3.63, 3.8) is 0 Å². The van der Waals surface area contributed by atoms with Crippen LogP contribution >= 0.6 is 11.6 Å². The lowest BCUT2D eigenvalue weighted by molar-refractivity contribution is -0.112. The van der Waals surface area contributed by atoms with Gasteiger partial charge in [-0.1, -0.05) is 44.2 Å². The zero-order valence-corrected chi connectivity index (χ0v) is 12.8. The van der Waals surface area contributed by atoms with E-state index in [1.807, 2.05) is 0 Å². The molecule has 19 heavy (non-hydrogen) atoms. The van der Waals surface area contributed by atoms with Gasteiger partial charge in [0.2, 0.25) is 0 Å². The largest absolute Gasteiger partial charge is 0.378 e. The van der Waals surface area contributed by atoms with Crippen molar-refractivity contribution in [1.82, 2.24) is 0 Å². The number of aryl methyl sites for hydroxylation is 1. The minimum absolute atomic E-state index is 0.230. The zero-order chi connectivity index (χ0) is 13.7. The van der Waals surface area contributed by atoms with E-state index < -0.39 is 0 Å². The van der Waals surface area contributed by atoms with Crippen molar-refractivity contribution in [2.75, 3.05) is 6.61 Å². The molecule has 0 heterocycles. The van der Waals surface area contributed by atoms with Crippen molar-refractivity contribution in [2.24, 2.45) is 5.41 Å². The molecule has 1 saturated carbocycles. The van der Waals surface area contributed by atoms with E-state index in [1.165, 1.54) is 5.56 Å². The summed E-state index contributed by atoms with van der Waals surface area (Å²) < 4.78 is 6.08. The summed E-state index contributed by atoms with van der Waals surface area (Å²) in [4.78, 5) is 0. The molecule has 1 fully saturated rings. The maximum absolute atomic E-state index is 6.40. The average molecular weight is 281 g/mol. The van der Waals surface area contributed by atoms with Crippen LogP contribution in [0, 0.1) is 5.41 Å². The molecule has 1 aliphatic rings. The second-order valence-electron chi connectivity index (χ2n) is 5.59. The summed E-state index contributed by atoms with van der Waals surface area (Å²) in [7, 11) is 0. The molecular formula is C17H25ClO. The third-order valence-corrected chi connectivity index (χ3v) is 5.39. The van der Waals surface area contributed by atoms with Crippen LogP contribution in [0.2, 0.25) is 0 Å². The molecule has 1 aromatic rings.